The standard InChI is InChI=1S/C18H14F2N2O2/c1-24-17-9-16(22-15-5-3-2-4-14(15)17)18(23)21-10-11-6-12(19)8-13(20)7-11/h2-9H,10H2,1H3,(H,21,23). The number of aromatic nitrogens is 1. The van der Waals surface area contributed by atoms with E-state index < -0.39 is 17.5 Å². The van der Waals surface area contributed by atoms with Crippen LogP contribution in [0.2, 0.25) is 0 Å². The van der Waals surface area contributed by atoms with Crippen LogP contribution in [0.15, 0.2) is 48.5 Å². The molecule has 0 fully saturated rings. The van der Waals surface area contributed by atoms with Crippen LogP contribution in [0.25, 0.3) is 10.9 Å². The molecule has 0 unspecified atom stereocenters. The zero-order valence-electron chi connectivity index (χ0n) is 12.8. The van der Waals surface area contributed by atoms with Crippen molar-refractivity contribution in [2.45, 2.75) is 6.54 Å². The molecule has 1 N–H and O–H groups in total. The van der Waals surface area contributed by atoms with E-state index in [4.69, 9.17) is 4.74 Å². The molecule has 24 heavy (non-hydrogen) atoms. The van der Waals surface area contributed by atoms with Crippen LogP contribution in [-0.4, -0.2) is 18.0 Å². The van der Waals surface area contributed by atoms with Gasteiger partial charge in [0.2, 0.25) is 0 Å². The van der Waals surface area contributed by atoms with Gasteiger partial charge in [-0.1, -0.05) is 12.1 Å². The van der Waals surface area contributed by atoms with Crippen LogP contribution >= 0.6 is 0 Å². The van der Waals surface area contributed by atoms with Gasteiger partial charge >= 0.3 is 0 Å². The van der Waals surface area contributed by atoms with Crippen LogP contribution < -0.4 is 10.1 Å². The lowest BCUT2D eigenvalue weighted by atomic mass is 10.1. The summed E-state index contributed by atoms with van der Waals surface area (Å²) in [6.45, 7) is -0.00959. The third-order valence-electron chi connectivity index (χ3n) is 3.51. The summed E-state index contributed by atoms with van der Waals surface area (Å²) in [6, 6.07) is 11.9. The number of hydrogen-bond acceptors (Lipinski definition) is 3. The molecule has 2 aromatic carbocycles. The first kappa shape index (κ1) is 15.9. The smallest absolute Gasteiger partial charge is 0.270 e. The number of para-hydroxylation sites is 1. The zero-order valence-corrected chi connectivity index (χ0v) is 12.8. The second kappa shape index (κ2) is 6.62. The molecule has 6 heteroatoms. The number of methoxy groups -OCH3 is 1. The lowest BCUT2D eigenvalue weighted by Crippen LogP contribution is -2.24. The second-order valence-electron chi connectivity index (χ2n) is 5.19. The minimum atomic E-state index is -0.690. The Morgan fingerprint density at radius 3 is 2.54 bits per heavy atom. The third-order valence-corrected chi connectivity index (χ3v) is 3.51. The number of hydrogen-bond donors (Lipinski definition) is 1. The molecular weight excluding hydrogens is 314 g/mol. The molecule has 4 nitrogen and oxygen atoms in total. The largest absolute Gasteiger partial charge is 0.496 e. The zero-order chi connectivity index (χ0) is 17.1. The van der Waals surface area contributed by atoms with Crippen molar-refractivity contribution in [3.05, 3.63) is 71.4 Å². The van der Waals surface area contributed by atoms with E-state index in [9.17, 15) is 13.6 Å². The minimum Gasteiger partial charge on any atom is -0.496 e. The number of halogens is 2. The average molecular weight is 328 g/mol. The first-order chi connectivity index (χ1) is 11.6. The average Bonchev–Trinajstić information content (AvgIpc) is 2.57. The van der Waals surface area contributed by atoms with Crippen LogP contribution in [0, 0.1) is 11.6 Å². The maximum absolute atomic E-state index is 13.2. The number of amides is 1. The van der Waals surface area contributed by atoms with Crippen molar-refractivity contribution < 1.29 is 18.3 Å². The summed E-state index contributed by atoms with van der Waals surface area (Å²) in [5, 5.41) is 3.39. The van der Waals surface area contributed by atoms with Crippen LogP contribution in [0.3, 0.4) is 0 Å². The fourth-order valence-corrected chi connectivity index (χ4v) is 2.41. The van der Waals surface area contributed by atoms with Gasteiger partial charge in [0.25, 0.3) is 5.91 Å². The highest BCUT2D eigenvalue weighted by atomic mass is 19.1. The Bertz CT molecular complexity index is 892. The molecule has 1 aromatic heterocycles. The van der Waals surface area contributed by atoms with E-state index in [0.717, 1.165) is 23.6 Å². The van der Waals surface area contributed by atoms with Gasteiger partial charge in [-0.2, -0.15) is 0 Å². The van der Waals surface area contributed by atoms with Gasteiger partial charge in [-0.15, -0.1) is 0 Å². The first-order valence-corrected chi connectivity index (χ1v) is 7.24. The highest BCUT2D eigenvalue weighted by molar-refractivity contribution is 5.96. The fraction of sp³-hybridized carbons (Fsp3) is 0.111. The van der Waals surface area contributed by atoms with Crippen molar-refractivity contribution in [2.24, 2.45) is 0 Å². The molecule has 0 saturated heterocycles. The van der Waals surface area contributed by atoms with Crippen LogP contribution in [0.5, 0.6) is 5.75 Å². The number of carbonyl (C=O) groups is 1. The van der Waals surface area contributed by atoms with Crippen LogP contribution in [0.4, 0.5) is 8.78 Å². The van der Waals surface area contributed by atoms with Crippen molar-refractivity contribution >= 4 is 16.8 Å². The first-order valence-electron chi connectivity index (χ1n) is 7.24. The second-order valence-corrected chi connectivity index (χ2v) is 5.19. The number of ether oxygens (including phenoxy) is 1. The Morgan fingerprint density at radius 1 is 1.12 bits per heavy atom. The minimum absolute atomic E-state index is 0.00959. The van der Waals surface area contributed by atoms with E-state index in [2.05, 4.69) is 10.3 Å². The lowest BCUT2D eigenvalue weighted by molar-refractivity contribution is 0.0946. The quantitative estimate of drug-likeness (QED) is 0.798. The van der Waals surface area contributed by atoms with Gasteiger partial charge in [-0.25, -0.2) is 13.8 Å². The Morgan fingerprint density at radius 2 is 1.83 bits per heavy atom. The molecule has 0 saturated carbocycles. The van der Waals surface area contributed by atoms with Crippen LogP contribution in [0.1, 0.15) is 16.1 Å². The molecule has 0 atom stereocenters. The van der Waals surface area contributed by atoms with E-state index in [1.165, 1.54) is 13.2 Å². The van der Waals surface area contributed by atoms with E-state index in [1.54, 1.807) is 6.07 Å². The molecular formula is C18H14F2N2O2. The number of rotatable bonds is 4. The molecule has 1 amide bonds. The third kappa shape index (κ3) is 3.32. The van der Waals surface area contributed by atoms with Gasteiger partial charge in [0.15, 0.2) is 0 Å². The van der Waals surface area contributed by atoms with Crippen molar-refractivity contribution in [1.82, 2.24) is 10.3 Å². The molecule has 1 heterocycles. The normalized spacial score (nSPS) is 10.6. The SMILES string of the molecule is COc1cc(C(=O)NCc2cc(F)cc(F)c2)nc2ccccc12. The van der Waals surface area contributed by atoms with E-state index in [0.29, 0.717) is 16.8 Å². The van der Waals surface area contributed by atoms with Gasteiger partial charge in [-0.3, -0.25) is 4.79 Å². The predicted octanol–water partition coefficient (Wildman–Crippen LogP) is 3.45. The van der Waals surface area contributed by atoms with Crippen molar-refractivity contribution in [1.29, 1.82) is 0 Å². The number of nitrogens with one attached hydrogen (secondary N) is 1. The molecule has 0 aliphatic heterocycles. The highest BCUT2D eigenvalue weighted by Gasteiger charge is 2.12. The van der Waals surface area contributed by atoms with Crippen molar-refractivity contribution in [2.75, 3.05) is 7.11 Å². The Labute approximate surface area is 137 Å². The maximum atomic E-state index is 13.2. The molecule has 3 rings (SSSR count). The monoisotopic (exact) mass is 328 g/mol. The van der Waals surface area contributed by atoms with E-state index in [1.807, 2.05) is 18.2 Å². The van der Waals surface area contributed by atoms with E-state index >= 15 is 0 Å². The van der Waals surface area contributed by atoms with Gasteiger partial charge < -0.3 is 10.1 Å². The topological polar surface area (TPSA) is 51.2 Å². The summed E-state index contributed by atoms with van der Waals surface area (Å²) in [5.74, 6) is -1.30. The number of benzene rings is 2. The lowest BCUT2D eigenvalue weighted by Gasteiger charge is -2.09. The summed E-state index contributed by atoms with van der Waals surface area (Å²) >= 11 is 0. The van der Waals surface area contributed by atoms with Gasteiger partial charge in [0.05, 0.1) is 12.6 Å². The molecule has 122 valence electrons. The summed E-state index contributed by atoms with van der Waals surface area (Å²) in [4.78, 5) is 16.6. The summed E-state index contributed by atoms with van der Waals surface area (Å²) in [5.41, 5.74) is 1.12. The number of fused-ring (bicyclic) bond motifs is 1. The van der Waals surface area contributed by atoms with E-state index in [-0.39, 0.29) is 12.2 Å². The predicted molar refractivity (Wildman–Crippen MR) is 85.8 cm³/mol. The maximum Gasteiger partial charge on any atom is 0.270 e. The number of carbonyl (C=O) groups excluding carboxylic acids is 1. The Balaban J connectivity index is 1.83. The number of nitrogens with zero attached hydrogens (tertiary/aromatic N) is 1. The summed E-state index contributed by atoms with van der Waals surface area (Å²) in [6.07, 6.45) is 0. The Kier molecular flexibility index (Phi) is 4.37. The number of pyridine rings is 1. The molecule has 0 radical (unpaired) electrons. The van der Waals surface area contributed by atoms with Crippen molar-refractivity contribution in [3.8, 4) is 5.75 Å². The van der Waals surface area contributed by atoms with Gasteiger partial charge in [0, 0.05) is 24.1 Å². The van der Waals surface area contributed by atoms with Gasteiger partial charge in [0.1, 0.15) is 23.1 Å². The summed E-state index contributed by atoms with van der Waals surface area (Å²) < 4.78 is 31.6. The van der Waals surface area contributed by atoms with Crippen molar-refractivity contribution in [3.63, 3.8) is 0 Å². The molecule has 0 aliphatic carbocycles. The fourth-order valence-electron chi connectivity index (χ4n) is 2.41. The molecule has 3 aromatic rings. The highest BCUT2D eigenvalue weighted by Crippen LogP contribution is 2.24. The summed E-state index contributed by atoms with van der Waals surface area (Å²) in [7, 11) is 1.51. The molecule has 0 spiro atoms. The van der Waals surface area contributed by atoms with Crippen LogP contribution in [-0.2, 0) is 6.54 Å². The Hall–Kier alpha value is -3.02. The molecule has 0 bridgehead atoms. The molecule has 0 aliphatic rings. The van der Waals surface area contributed by atoms with Gasteiger partial charge in [-0.05, 0) is 29.8 Å².